The van der Waals surface area contributed by atoms with E-state index < -0.39 is 0 Å². The van der Waals surface area contributed by atoms with E-state index in [1.807, 2.05) is 44.2 Å². The zero-order valence-corrected chi connectivity index (χ0v) is 12.7. The van der Waals surface area contributed by atoms with Gasteiger partial charge in [-0.3, -0.25) is 4.79 Å². The van der Waals surface area contributed by atoms with Crippen molar-refractivity contribution in [3.63, 3.8) is 0 Å². The highest BCUT2D eigenvalue weighted by molar-refractivity contribution is 9.11. The Hall–Kier alpha value is -1.13. The van der Waals surface area contributed by atoms with Crippen molar-refractivity contribution in [2.75, 3.05) is 0 Å². The molecule has 2 aromatic rings. The Morgan fingerprint density at radius 1 is 1.28 bits per heavy atom. The van der Waals surface area contributed by atoms with E-state index in [2.05, 4.69) is 21.2 Å². The molecule has 0 fully saturated rings. The molecule has 94 valence electrons. The third-order valence-electron chi connectivity index (χ3n) is 2.90. The summed E-state index contributed by atoms with van der Waals surface area (Å²) in [5.74, 6) is -0.0132. The summed E-state index contributed by atoms with van der Waals surface area (Å²) in [6.07, 6.45) is 0. The molecule has 0 atom stereocenters. The average Bonchev–Trinajstić information content (AvgIpc) is 2.76. The fourth-order valence-electron chi connectivity index (χ4n) is 1.71. The first kappa shape index (κ1) is 13.3. The number of hydrogen-bond acceptors (Lipinski definition) is 2. The van der Waals surface area contributed by atoms with E-state index in [4.69, 9.17) is 0 Å². The number of carbonyl (C=O) groups is 1. The third kappa shape index (κ3) is 3.00. The van der Waals surface area contributed by atoms with Crippen molar-refractivity contribution >= 4 is 33.2 Å². The molecule has 2 rings (SSSR count). The molecule has 2 nitrogen and oxygen atoms in total. The zero-order valence-electron chi connectivity index (χ0n) is 10.3. The molecule has 1 N–H and O–H groups in total. The minimum absolute atomic E-state index is 0.0132. The number of amides is 1. The number of hydrogen-bond donors (Lipinski definition) is 1. The lowest BCUT2D eigenvalue weighted by atomic mass is 10.0. The SMILES string of the molecule is Cc1cccc(C(=O)NCc2ccc(Br)s2)c1C. The third-order valence-corrected chi connectivity index (χ3v) is 4.52. The first-order chi connectivity index (χ1) is 8.58. The zero-order chi connectivity index (χ0) is 13.1. The highest BCUT2D eigenvalue weighted by Crippen LogP contribution is 2.22. The molecule has 1 heterocycles. The molecule has 1 amide bonds. The summed E-state index contributed by atoms with van der Waals surface area (Å²) in [5, 5.41) is 2.95. The summed E-state index contributed by atoms with van der Waals surface area (Å²) >= 11 is 5.05. The fourth-order valence-corrected chi connectivity index (χ4v) is 3.13. The van der Waals surface area contributed by atoms with Gasteiger partial charge in [0.05, 0.1) is 10.3 Å². The molecule has 0 spiro atoms. The van der Waals surface area contributed by atoms with Gasteiger partial charge in [-0.25, -0.2) is 0 Å². The number of carbonyl (C=O) groups excluding carboxylic acids is 1. The van der Waals surface area contributed by atoms with Crippen molar-refractivity contribution in [3.8, 4) is 0 Å². The number of halogens is 1. The molecule has 1 aromatic carbocycles. The first-order valence-corrected chi connectivity index (χ1v) is 7.27. The summed E-state index contributed by atoms with van der Waals surface area (Å²) in [4.78, 5) is 13.2. The monoisotopic (exact) mass is 323 g/mol. The molecule has 0 aliphatic rings. The van der Waals surface area contributed by atoms with Crippen LogP contribution in [0.25, 0.3) is 0 Å². The minimum Gasteiger partial charge on any atom is -0.347 e. The van der Waals surface area contributed by atoms with Gasteiger partial charge in [0.1, 0.15) is 0 Å². The van der Waals surface area contributed by atoms with Gasteiger partial charge in [0.25, 0.3) is 5.91 Å². The van der Waals surface area contributed by atoms with Gasteiger partial charge in [-0.15, -0.1) is 11.3 Å². The van der Waals surface area contributed by atoms with E-state index in [1.165, 1.54) is 0 Å². The second-order valence-corrected chi connectivity index (χ2v) is 6.68. The highest BCUT2D eigenvalue weighted by Gasteiger charge is 2.09. The topological polar surface area (TPSA) is 29.1 Å². The quantitative estimate of drug-likeness (QED) is 0.906. The van der Waals surface area contributed by atoms with Gasteiger partial charge >= 0.3 is 0 Å². The van der Waals surface area contributed by atoms with Gasteiger partial charge in [0, 0.05) is 10.4 Å². The maximum absolute atomic E-state index is 12.1. The van der Waals surface area contributed by atoms with Crippen LogP contribution in [0.4, 0.5) is 0 Å². The molecule has 0 saturated heterocycles. The summed E-state index contributed by atoms with van der Waals surface area (Å²) < 4.78 is 1.08. The van der Waals surface area contributed by atoms with Crippen LogP contribution in [-0.4, -0.2) is 5.91 Å². The van der Waals surface area contributed by atoms with Crippen molar-refractivity contribution in [1.29, 1.82) is 0 Å². The summed E-state index contributed by atoms with van der Waals surface area (Å²) in [7, 11) is 0. The van der Waals surface area contributed by atoms with E-state index in [1.54, 1.807) is 11.3 Å². The van der Waals surface area contributed by atoms with Crippen LogP contribution < -0.4 is 5.32 Å². The van der Waals surface area contributed by atoms with Crippen molar-refractivity contribution in [2.45, 2.75) is 20.4 Å². The Morgan fingerprint density at radius 3 is 2.72 bits per heavy atom. The molecule has 1 aromatic heterocycles. The molecule has 0 aliphatic heterocycles. The maximum atomic E-state index is 12.1. The maximum Gasteiger partial charge on any atom is 0.251 e. The van der Waals surface area contributed by atoms with Crippen LogP contribution in [0, 0.1) is 13.8 Å². The smallest absolute Gasteiger partial charge is 0.251 e. The van der Waals surface area contributed by atoms with Crippen LogP contribution in [0.3, 0.4) is 0 Å². The summed E-state index contributed by atoms with van der Waals surface area (Å²) in [6, 6.07) is 9.80. The Balaban J connectivity index is 2.06. The van der Waals surface area contributed by atoms with Crippen LogP contribution >= 0.6 is 27.3 Å². The van der Waals surface area contributed by atoms with Gasteiger partial charge in [-0.1, -0.05) is 12.1 Å². The largest absolute Gasteiger partial charge is 0.347 e. The van der Waals surface area contributed by atoms with E-state index in [-0.39, 0.29) is 5.91 Å². The molecule has 0 unspecified atom stereocenters. The van der Waals surface area contributed by atoms with Gasteiger partial charge in [0.15, 0.2) is 0 Å². The first-order valence-electron chi connectivity index (χ1n) is 5.66. The molecule has 0 saturated carbocycles. The predicted octanol–water partition coefficient (Wildman–Crippen LogP) is 4.06. The van der Waals surface area contributed by atoms with Gasteiger partial charge in [0.2, 0.25) is 0 Å². The number of nitrogens with one attached hydrogen (secondary N) is 1. The normalized spacial score (nSPS) is 10.4. The number of rotatable bonds is 3. The lowest BCUT2D eigenvalue weighted by molar-refractivity contribution is 0.0950. The molecule has 0 aliphatic carbocycles. The van der Waals surface area contributed by atoms with E-state index in [0.717, 1.165) is 25.4 Å². The number of benzene rings is 1. The number of thiophene rings is 1. The van der Waals surface area contributed by atoms with Crippen LogP contribution in [0.5, 0.6) is 0 Å². The molecule has 0 radical (unpaired) electrons. The fraction of sp³-hybridized carbons (Fsp3) is 0.214. The lowest BCUT2D eigenvalue weighted by Gasteiger charge is -2.08. The van der Waals surface area contributed by atoms with Crippen LogP contribution in [0.1, 0.15) is 26.4 Å². The highest BCUT2D eigenvalue weighted by atomic mass is 79.9. The summed E-state index contributed by atoms with van der Waals surface area (Å²) in [5.41, 5.74) is 2.94. The van der Waals surface area contributed by atoms with E-state index in [9.17, 15) is 4.79 Å². The van der Waals surface area contributed by atoms with Gasteiger partial charge in [-0.05, 0) is 59.1 Å². The van der Waals surface area contributed by atoms with E-state index in [0.29, 0.717) is 6.54 Å². The van der Waals surface area contributed by atoms with Crippen LogP contribution in [0.15, 0.2) is 34.1 Å². The lowest BCUT2D eigenvalue weighted by Crippen LogP contribution is -2.23. The van der Waals surface area contributed by atoms with Gasteiger partial charge < -0.3 is 5.32 Å². The number of aryl methyl sites for hydroxylation is 1. The molecular weight excluding hydrogens is 310 g/mol. The van der Waals surface area contributed by atoms with Crippen molar-refractivity contribution in [2.24, 2.45) is 0 Å². The van der Waals surface area contributed by atoms with Gasteiger partial charge in [-0.2, -0.15) is 0 Å². The Morgan fingerprint density at radius 2 is 2.06 bits per heavy atom. The van der Waals surface area contributed by atoms with Crippen molar-refractivity contribution < 1.29 is 4.79 Å². The molecular formula is C14H14BrNOS. The summed E-state index contributed by atoms with van der Waals surface area (Å²) in [6.45, 7) is 4.57. The molecule has 4 heteroatoms. The van der Waals surface area contributed by atoms with Crippen LogP contribution in [-0.2, 0) is 6.54 Å². The van der Waals surface area contributed by atoms with Crippen molar-refractivity contribution in [3.05, 3.63) is 55.7 Å². The van der Waals surface area contributed by atoms with Crippen molar-refractivity contribution in [1.82, 2.24) is 5.32 Å². The molecule has 0 bridgehead atoms. The minimum atomic E-state index is -0.0132. The second-order valence-electron chi connectivity index (χ2n) is 4.14. The Bertz CT molecular complexity index is 577. The Kier molecular flexibility index (Phi) is 4.19. The van der Waals surface area contributed by atoms with E-state index >= 15 is 0 Å². The van der Waals surface area contributed by atoms with Crippen LogP contribution in [0.2, 0.25) is 0 Å². The standard InChI is InChI=1S/C14H14BrNOS/c1-9-4-3-5-12(10(9)2)14(17)16-8-11-6-7-13(15)18-11/h3-7H,8H2,1-2H3,(H,16,17). The molecule has 18 heavy (non-hydrogen) atoms. The average molecular weight is 324 g/mol. The predicted molar refractivity (Wildman–Crippen MR) is 79.1 cm³/mol. The second kappa shape index (κ2) is 5.67. The Labute approximate surface area is 119 Å².